The van der Waals surface area contributed by atoms with E-state index in [1.807, 2.05) is 0 Å². The Morgan fingerprint density at radius 1 is 1.23 bits per heavy atom. The van der Waals surface area contributed by atoms with E-state index in [0.717, 1.165) is 18.8 Å². The van der Waals surface area contributed by atoms with Gasteiger partial charge in [0.2, 0.25) is 0 Å². The predicted molar refractivity (Wildman–Crippen MR) is 114 cm³/mol. The molecule has 2 aliphatic rings. The van der Waals surface area contributed by atoms with E-state index in [1.165, 1.54) is 24.3 Å². The Balaban J connectivity index is 1.61. The first kappa shape index (κ1) is 18.3. The number of terminal acetylenes is 1. The summed E-state index contributed by atoms with van der Waals surface area (Å²) >= 11 is 0. The van der Waals surface area contributed by atoms with Crippen LogP contribution in [0.2, 0.25) is 0 Å². The normalized spacial score (nSPS) is 22.1. The van der Waals surface area contributed by atoms with Crippen LogP contribution in [-0.4, -0.2) is 33.0 Å². The maximum Gasteiger partial charge on any atom is 0.175 e. The largest absolute Gasteiger partial charge is 0.508 e. The molecule has 2 unspecified atom stereocenters. The van der Waals surface area contributed by atoms with Crippen LogP contribution in [0.15, 0.2) is 30.5 Å². The Morgan fingerprint density at radius 2 is 2.00 bits per heavy atom. The molecule has 1 saturated carbocycles. The third-order valence-corrected chi connectivity index (χ3v) is 6.71. The maximum absolute atomic E-state index is 15.8. The summed E-state index contributed by atoms with van der Waals surface area (Å²) in [6, 6.07) is 5.58. The number of pyridine rings is 1. The van der Waals surface area contributed by atoms with Gasteiger partial charge in [0, 0.05) is 35.5 Å². The second kappa shape index (κ2) is 6.25. The molecule has 3 heterocycles. The van der Waals surface area contributed by atoms with Crippen molar-refractivity contribution in [3.05, 3.63) is 53.4 Å². The molecule has 4 aromatic rings. The standard InChI is InChI=1S/C24H18F2N4O/c1-3-13-18(25)5-4-11-6-12(31)7-14(19(11)13)23-21(26)24-17(10-28-23)22(29-30(24)2)20-15-8-27-9-16(15)20/h1,4-7,10,15-16,20,27,31H,8-9H2,2H3. The molecule has 2 aromatic carbocycles. The number of aromatic nitrogens is 3. The number of hydrogen-bond donors (Lipinski definition) is 2. The lowest BCUT2D eigenvalue weighted by molar-refractivity contribution is 0.476. The van der Waals surface area contributed by atoms with Crippen molar-refractivity contribution in [1.29, 1.82) is 0 Å². The number of hydrogen-bond acceptors (Lipinski definition) is 4. The van der Waals surface area contributed by atoms with Crippen molar-refractivity contribution in [3.63, 3.8) is 0 Å². The number of piperidine rings is 1. The first-order valence-electron chi connectivity index (χ1n) is 10.1. The van der Waals surface area contributed by atoms with Crippen molar-refractivity contribution < 1.29 is 13.9 Å². The highest BCUT2D eigenvalue weighted by molar-refractivity contribution is 6.02. The van der Waals surface area contributed by atoms with Crippen molar-refractivity contribution in [3.8, 4) is 29.4 Å². The monoisotopic (exact) mass is 416 g/mol. The first-order valence-corrected chi connectivity index (χ1v) is 10.1. The number of fused-ring (bicyclic) bond motifs is 3. The quantitative estimate of drug-likeness (QED) is 0.490. The first-order chi connectivity index (χ1) is 15.0. The number of nitrogens with one attached hydrogen (secondary N) is 1. The lowest BCUT2D eigenvalue weighted by Gasteiger charge is -2.12. The van der Waals surface area contributed by atoms with Crippen molar-refractivity contribution in [2.24, 2.45) is 18.9 Å². The minimum atomic E-state index is -0.583. The number of phenols is 1. The number of nitrogens with zero attached hydrogens (tertiary/aromatic N) is 3. The predicted octanol–water partition coefficient (Wildman–Crippen LogP) is 3.69. The molecule has 1 aliphatic heterocycles. The van der Waals surface area contributed by atoms with Gasteiger partial charge in [-0.15, -0.1) is 6.42 Å². The molecule has 2 N–H and O–H groups in total. The van der Waals surface area contributed by atoms with Gasteiger partial charge in [0.15, 0.2) is 5.82 Å². The molecule has 6 rings (SSSR count). The molecule has 2 aromatic heterocycles. The molecular weight excluding hydrogens is 398 g/mol. The van der Waals surface area contributed by atoms with E-state index in [4.69, 9.17) is 6.42 Å². The number of rotatable bonds is 2. The number of halogens is 2. The highest BCUT2D eigenvalue weighted by atomic mass is 19.1. The summed E-state index contributed by atoms with van der Waals surface area (Å²) in [4.78, 5) is 4.40. The van der Waals surface area contributed by atoms with E-state index in [-0.39, 0.29) is 22.6 Å². The number of aryl methyl sites for hydroxylation is 1. The van der Waals surface area contributed by atoms with Crippen molar-refractivity contribution >= 4 is 21.7 Å². The fourth-order valence-electron chi connectivity index (χ4n) is 5.26. The molecule has 0 radical (unpaired) electrons. The van der Waals surface area contributed by atoms with Gasteiger partial charge in [0.25, 0.3) is 0 Å². The molecule has 1 saturated heterocycles. The Kier molecular flexibility index (Phi) is 3.69. The topological polar surface area (TPSA) is 63.0 Å². The summed E-state index contributed by atoms with van der Waals surface area (Å²) in [6.07, 6.45) is 7.18. The van der Waals surface area contributed by atoms with Gasteiger partial charge in [-0.3, -0.25) is 9.67 Å². The van der Waals surface area contributed by atoms with Crippen LogP contribution in [0.4, 0.5) is 8.78 Å². The Morgan fingerprint density at radius 3 is 2.74 bits per heavy atom. The number of aromatic hydroxyl groups is 1. The number of benzene rings is 2. The third kappa shape index (κ3) is 2.45. The summed E-state index contributed by atoms with van der Waals surface area (Å²) in [5, 5.41) is 19.8. The lowest BCUT2D eigenvalue weighted by atomic mass is 9.95. The average Bonchev–Trinajstić information content (AvgIpc) is 3.07. The second-order valence-corrected chi connectivity index (χ2v) is 8.36. The molecular formula is C24H18F2N4O. The third-order valence-electron chi connectivity index (χ3n) is 6.71. The zero-order chi connectivity index (χ0) is 21.4. The van der Waals surface area contributed by atoms with Crippen LogP contribution in [0.5, 0.6) is 5.75 Å². The fourth-order valence-corrected chi connectivity index (χ4v) is 5.26. The molecule has 1 aliphatic carbocycles. The molecule has 2 fully saturated rings. The lowest BCUT2D eigenvalue weighted by Crippen LogP contribution is -2.14. The van der Waals surface area contributed by atoms with Crippen molar-refractivity contribution in [2.75, 3.05) is 13.1 Å². The molecule has 0 bridgehead atoms. The number of phenolic OH excluding ortho intramolecular Hbond substituents is 1. The van der Waals surface area contributed by atoms with Gasteiger partial charge in [-0.1, -0.05) is 12.0 Å². The molecule has 5 nitrogen and oxygen atoms in total. The Bertz CT molecular complexity index is 1440. The molecule has 0 amide bonds. The van der Waals surface area contributed by atoms with Crippen LogP contribution in [0.3, 0.4) is 0 Å². The summed E-state index contributed by atoms with van der Waals surface area (Å²) in [6.45, 7) is 1.91. The molecule has 154 valence electrons. The molecule has 0 spiro atoms. The van der Waals surface area contributed by atoms with Crippen molar-refractivity contribution in [1.82, 2.24) is 20.1 Å². The van der Waals surface area contributed by atoms with Gasteiger partial charge in [-0.05, 0) is 48.5 Å². The van der Waals surface area contributed by atoms with Crippen LogP contribution in [-0.2, 0) is 7.05 Å². The molecule has 31 heavy (non-hydrogen) atoms. The summed E-state index contributed by atoms with van der Waals surface area (Å²) in [5.74, 6) is 2.52. The molecule has 2 atom stereocenters. The van der Waals surface area contributed by atoms with Gasteiger partial charge in [0.1, 0.15) is 22.8 Å². The van der Waals surface area contributed by atoms with E-state index in [0.29, 0.717) is 39.4 Å². The highest BCUT2D eigenvalue weighted by Crippen LogP contribution is 2.56. The zero-order valence-corrected chi connectivity index (χ0v) is 16.7. The second-order valence-electron chi connectivity index (χ2n) is 8.36. The van der Waals surface area contributed by atoms with Crippen LogP contribution in [0.25, 0.3) is 32.9 Å². The summed E-state index contributed by atoms with van der Waals surface area (Å²) in [5.41, 5.74) is 1.48. The van der Waals surface area contributed by atoms with Crippen LogP contribution >= 0.6 is 0 Å². The van der Waals surface area contributed by atoms with Gasteiger partial charge in [-0.2, -0.15) is 5.10 Å². The van der Waals surface area contributed by atoms with Crippen LogP contribution < -0.4 is 5.32 Å². The zero-order valence-electron chi connectivity index (χ0n) is 16.7. The van der Waals surface area contributed by atoms with Crippen molar-refractivity contribution in [2.45, 2.75) is 5.92 Å². The average molecular weight is 416 g/mol. The SMILES string of the molecule is C#Cc1c(F)ccc2cc(O)cc(-c3ncc4c(C5C6CNCC65)nn(C)c4c3F)c12. The van der Waals surface area contributed by atoms with E-state index >= 15 is 4.39 Å². The molecule has 7 heteroatoms. The Hall–Kier alpha value is -3.50. The highest BCUT2D eigenvalue weighted by Gasteiger charge is 2.55. The minimum absolute atomic E-state index is 0.00251. The van der Waals surface area contributed by atoms with E-state index < -0.39 is 11.6 Å². The van der Waals surface area contributed by atoms with Gasteiger partial charge >= 0.3 is 0 Å². The van der Waals surface area contributed by atoms with E-state index in [1.54, 1.807) is 17.9 Å². The summed E-state index contributed by atoms with van der Waals surface area (Å²) < 4.78 is 31.8. The van der Waals surface area contributed by atoms with Crippen LogP contribution in [0, 0.1) is 35.8 Å². The van der Waals surface area contributed by atoms with Gasteiger partial charge in [-0.25, -0.2) is 8.78 Å². The smallest absolute Gasteiger partial charge is 0.175 e. The van der Waals surface area contributed by atoms with Gasteiger partial charge < -0.3 is 10.4 Å². The van der Waals surface area contributed by atoms with E-state index in [9.17, 15) is 9.50 Å². The van der Waals surface area contributed by atoms with Gasteiger partial charge in [0.05, 0.1) is 11.3 Å². The minimum Gasteiger partial charge on any atom is -0.508 e. The Labute approximate surface area is 176 Å². The van der Waals surface area contributed by atoms with Crippen LogP contribution in [0.1, 0.15) is 17.2 Å². The maximum atomic E-state index is 15.8. The fraction of sp³-hybridized carbons (Fsp3) is 0.250. The summed E-state index contributed by atoms with van der Waals surface area (Å²) in [7, 11) is 1.71. The van der Waals surface area contributed by atoms with E-state index in [2.05, 4.69) is 21.3 Å².